The predicted octanol–water partition coefficient (Wildman–Crippen LogP) is 3.36. The van der Waals surface area contributed by atoms with Crippen LogP contribution in [0.4, 0.5) is 0 Å². The third kappa shape index (κ3) is 4.99. The van der Waals surface area contributed by atoms with Crippen LogP contribution in [0.5, 0.6) is 0 Å². The molecule has 1 fully saturated rings. The number of halogens is 1. The molecule has 21 heavy (non-hydrogen) atoms. The Bertz CT molecular complexity index is 455. The van der Waals surface area contributed by atoms with Crippen molar-refractivity contribution in [3.8, 4) is 0 Å². The van der Waals surface area contributed by atoms with Gasteiger partial charge in [0.1, 0.15) is 0 Å². The molecule has 0 radical (unpaired) electrons. The SMILES string of the molecule is CC(c1ccc(Cl)cc1)N1CCC(OCCC(=O)O)CC1. The molecule has 116 valence electrons. The summed E-state index contributed by atoms with van der Waals surface area (Å²) in [7, 11) is 0. The number of carboxylic acid groups (broad SMARTS) is 1. The average molecular weight is 312 g/mol. The average Bonchev–Trinajstić information content (AvgIpc) is 2.48. The summed E-state index contributed by atoms with van der Waals surface area (Å²) in [6, 6.07) is 8.36. The first-order chi connectivity index (χ1) is 10.1. The van der Waals surface area contributed by atoms with Crippen molar-refractivity contribution in [1.29, 1.82) is 0 Å². The number of benzene rings is 1. The summed E-state index contributed by atoms with van der Waals surface area (Å²) in [5.74, 6) is -0.802. The van der Waals surface area contributed by atoms with Gasteiger partial charge in [-0.05, 0) is 37.5 Å². The standard InChI is InChI=1S/C16H22ClNO3/c1-12(13-2-4-14(17)5-3-13)18-9-6-15(7-10-18)21-11-8-16(19)20/h2-5,12,15H,6-11H2,1H3,(H,19,20). The molecule has 5 heteroatoms. The van der Waals surface area contributed by atoms with Gasteiger partial charge >= 0.3 is 5.97 Å². The topological polar surface area (TPSA) is 49.8 Å². The fourth-order valence-corrected chi connectivity index (χ4v) is 2.82. The second kappa shape index (κ2) is 7.78. The molecule has 4 nitrogen and oxygen atoms in total. The summed E-state index contributed by atoms with van der Waals surface area (Å²) in [6.07, 6.45) is 2.19. The molecule has 1 aromatic rings. The number of nitrogens with zero attached hydrogens (tertiary/aromatic N) is 1. The zero-order chi connectivity index (χ0) is 15.2. The smallest absolute Gasteiger partial charge is 0.305 e. The molecule has 0 spiro atoms. The van der Waals surface area contributed by atoms with Gasteiger partial charge in [0, 0.05) is 24.2 Å². The van der Waals surface area contributed by atoms with Gasteiger partial charge in [0.15, 0.2) is 0 Å². The predicted molar refractivity (Wildman–Crippen MR) is 82.7 cm³/mol. The Hall–Kier alpha value is -1.10. The quantitative estimate of drug-likeness (QED) is 0.875. The Morgan fingerprint density at radius 2 is 2.00 bits per heavy atom. The normalized spacial score (nSPS) is 18.6. The molecule has 1 aliphatic heterocycles. The summed E-state index contributed by atoms with van der Waals surface area (Å²) in [5.41, 5.74) is 1.27. The molecule has 0 saturated carbocycles. The zero-order valence-electron chi connectivity index (χ0n) is 12.3. The number of aliphatic carboxylic acids is 1. The molecule has 0 aromatic heterocycles. The van der Waals surface area contributed by atoms with Crippen LogP contribution in [0.25, 0.3) is 0 Å². The first-order valence-corrected chi connectivity index (χ1v) is 7.77. The fraction of sp³-hybridized carbons (Fsp3) is 0.562. The Morgan fingerprint density at radius 1 is 1.38 bits per heavy atom. The number of likely N-dealkylation sites (tertiary alicyclic amines) is 1. The molecule has 0 amide bonds. The van der Waals surface area contributed by atoms with Gasteiger partial charge in [-0.1, -0.05) is 23.7 Å². The van der Waals surface area contributed by atoms with Crippen LogP contribution in [0.3, 0.4) is 0 Å². The summed E-state index contributed by atoms with van der Waals surface area (Å²) in [6.45, 7) is 4.46. The lowest BCUT2D eigenvalue weighted by Crippen LogP contribution is -2.38. The highest BCUT2D eigenvalue weighted by molar-refractivity contribution is 6.30. The van der Waals surface area contributed by atoms with Crippen LogP contribution in [0.2, 0.25) is 5.02 Å². The van der Waals surface area contributed by atoms with Gasteiger partial charge in [-0.25, -0.2) is 0 Å². The van der Waals surface area contributed by atoms with Crippen molar-refractivity contribution in [2.75, 3.05) is 19.7 Å². The number of piperidine rings is 1. The van der Waals surface area contributed by atoms with E-state index in [2.05, 4.69) is 24.0 Å². The van der Waals surface area contributed by atoms with Crippen molar-refractivity contribution in [3.05, 3.63) is 34.9 Å². The highest BCUT2D eigenvalue weighted by Crippen LogP contribution is 2.26. The highest BCUT2D eigenvalue weighted by Gasteiger charge is 2.23. The Morgan fingerprint density at radius 3 is 2.57 bits per heavy atom. The van der Waals surface area contributed by atoms with Crippen LogP contribution in [0.1, 0.15) is 37.8 Å². The van der Waals surface area contributed by atoms with Crippen LogP contribution < -0.4 is 0 Å². The van der Waals surface area contributed by atoms with Crippen LogP contribution in [-0.2, 0) is 9.53 Å². The first-order valence-electron chi connectivity index (χ1n) is 7.39. The van der Waals surface area contributed by atoms with E-state index in [1.54, 1.807) is 0 Å². The molecule has 1 unspecified atom stereocenters. The van der Waals surface area contributed by atoms with Crippen molar-refractivity contribution in [2.45, 2.75) is 38.3 Å². The number of carboxylic acids is 1. The molecule has 1 saturated heterocycles. The summed E-state index contributed by atoms with van der Waals surface area (Å²) >= 11 is 5.92. The molecule has 1 N–H and O–H groups in total. The number of hydrogen-bond donors (Lipinski definition) is 1. The molecule has 0 aliphatic carbocycles. The highest BCUT2D eigenvalue weighted by atomic mass is 35.5. The van der Waals surface area contributed by atoms with Crippen molar-refractivity contribution < 1.29 is 14.6 Å². The summed E-state index contributed by atoms with van der Waals surface area (Å²) < 4.78 is 5.62. The Labute approximate surface area is 130 Å². The van der Waals surface area contributed by atoms with E-state index >= 15 is 0 Å². The lowest BCUT2D eigenvalue weighted by Gasteiger charge is -2.36. The molecular formula is C16H22ClNO3. The number of hydrogen-bond acceptors (Lipinski definition) is 3. The van der Waals surface area contributed by atoms with Crippen LogP contribution in [0.15, 0.2) is 24.3 Å². The molecular weight excluding hydrogens is 290 g/mol. The monoisotopic (exact) mass is 311 g/mol. The van der Waals surface area contributed by atoms with Crippen molar-refractivity contribution >= 4 is 17.6 Å². The second-order valence-corrected chi connectivity index (χ2v) is 5.91. The van der Waals surface area contributed by atoms with E-state index in [-0.39, 0.29) is 12.5 Å². The van der Waals surface area contributed by atoms with E-state index in [1.165, 1.54) is 5.56 Å². The van der Waals surface area contributed by atoms with Crippen molar-refractivity contribution in [2.24, 2.45) is 0 Å². The van der Waals surface area contributed by atoms with Crippen molar-refractivity contribution in [1.82, 2.24) is 4.90 Å². The lowest BCUT2D eigenvalue weighted by molar-refractivity contribution is -0.138. The van der Waals surface area contributed by atoms with Gasteiger partial charge in [0.25, 0.3) is 0 Å². The summed E-state index contributed by atoms with van der Waals surface area (Å²) in [5, 5.41) is 9.37. The van der Waals surface area contributed by atoms with Gasteiger partial charge in [0.05, 0.1) is 19.1 Å². The third-order valence-electron chi connectivity index (χ3n) is 4.05. The zero-order valence-corrected chi connectivity index (χ0v) is 13.1. The maximum atomic E-state index is 10.5. The van der Waals surface area contributed by atoms with Gasteiger partial charge in [-0.3, -0.25) is 9.69 Å². The maximum absolute atomic E-state index is 10.5. The van der Waals surface area contributed by atoms with E-state index < -0.39 is 5.97 Å². The molecule has 1 aromatic carbocycles. The molecule has 1 heterocycles. The minimum absolute atomic E-state index is 0.0847. The van der Waals surface area contributed by atoms with Crippen LogP contribution >= 0.6 is 11.6 Å². The van der Waals surface area contributed by atoms with E-state index in [0.29, 0.717) is 12.6 Å². The fourth-order valence-electron chi connectivity index (χ4n) is 2.69. The largest absolute Gasteiger partial charge is 0.481 e. The minimum Gasteiger partial charge on any atom is -0.481 e. The lowest BCUT2D eigenvalue weighted by atomic mass is 10.0. The van der Waals surface area contributed by atoms with Gasteiger partial charge < -0.3 is 9.84 Å². The van der Waals surface area contributed by atoms with Gasteiger partial charge in [-0.15, -0.1) is 0 Å². The Kier molecular flexibility index (Phi) is 6.03. The second-order valence-electron chi connectivity index (χ2n) is 5.48. The van der Waals surface area contributed by atoms with E-state index in [1.807, 2.05) is 12.1 Å². The third-order valence-corrected chi connectivity index (χ3v) is 4.30. The maximum Gasteiger partial charge on any atom is 0.305 e. The minimum atomic E-state index is -0.802. The number of carbonyl (C=O) groups is 1. The number of ether oxygens (including phenoxy) is 1. The van der Waals surface area contributed by atoms with E-state index in [0.717, 1.165) is 31.0 Å². The van der Waals surface area contributed by atoms with E-state index in [4.69, 9.17) is 21.4 Å². The molecule has 1 atom stereocenters. The van der Waals surface area contributed by atoms with Gasteiger partial charge in [-0.2, -0.15) is 0 Å². The molecule has 0 bridgehead atoms. The first kappa shape index (κ1) is 16.3. The van der Waals surface area contributed by atoms with Gasteiger partial charge in [0.2, 0.25) is 0 Å². The van der Waals surface area contributed by atoms with Crippen LogP contribution in [-0.4, -0.2) is 41.8 Å². The van der Waals surface area contributed by atoms with Crippen LogP contribution in [0, 0.1) is 0 Å². The number of rotatable bonds is 6. The summed E-state index contributed by atoms with van der Waals surface area (Å²) in [4.78, 5) is 12.9. The molecule has 2 rings (SSSR count). The van der Waals surface area contributed by atoms with Crippen molar-refractivity contribution in [3.63, 3.8) is 0 Å². The molecule has 1 aliphatic rings. The Balaban J connectivity index is 1.77. The van der Waals surface area contributed by atoms with E-state index in [9.17, 15) is 4.79 Å².